The molecule has 0 aromatic heterocycles. The van der Waals surface area contributed by atoms with Crippen LogP contribution in [0.5, 0.6) is 0 Å². The molecule has 2 nitrogen and oxygen atoms in total. The molecule has 0 aliphatic heterocycles. The van der Waals surface area contributed by atoms with Crippen LogP contribution in [0.4, 0.5) is 22.0 Å². The van der Waals surface area contributed by atoms with Crippen LogP contribution in [-0.4, -0.2) is 13.4 Å². The lowest BCUT2D eigenvalue weighted by molar-refractivity contribution is -0.137. The highest BCUT2D eigenvalue weighted by Crippen LogP contribution is 2.41. The standard InChI is InChI=1S/C13H13F5O2S/c14-10-6-9(13(16,17)18)7-11(8-10)21(19,20)12(15)4-2-1-3-5-12/h6-8H,1-5H2. The lowest BCUT2D eigenvalue weighted by Gasteiger charge is -2.29. The summed E-state index contributed by atoms with van der Waals surface area (Å²) < 4.78 is 90.2. The summed E-state index contributed by atoms with van der Waals surface area (Å²) in [7, 11) is -4.67. The van der Waals surface area contributed by atoms with Crippen molar-refractivity contribution in [3.8, 4) is 0 Å². The number of sulfone groups is 1. The van der Waals surface area contributed by atoms with Crippen LogP contribution in [0.1, 0.15) is 37.7 Å². The fraction of sp³-hybridized carbons (Fsp3) is 0.538. The van der Waals surface area contributed by atoms with Gasteiger partial charge in [-0.25, -0.2) is 17.2 Å². The Bertz CT molecular complexity index is 630. The number of hydrogen-bond donors (Lipinski definition) is 0. The minimum absolute atomic E-state index is 0.185. The monoisotopic (exact) mass is 328 g/mol. The van der Waals surface area contributed by atoms with Crippen molar-refractivity contribution in [3.63, 3.8) is 0 Å². The first-order chi connectivity index (χ1) is 9.56. The quantitative estimate of drug-likeness (QED) is 0.761. The fourth-order valence-electron chi connectivity index (χ4n) is 2.44. The van der Waals surface area contributed by atoms with Gasteiger partial charge in [-0.15, -0.1) is 0 Å². The molecule has 118 valence electrons. The molecule has 1 aromatic carbocycles. The third-order valence-corrected chi connectivity index (χ3v) is 5.82. The van der Waals surface area contributed by atoms with Gasteiger partial charge < -0.3 is 0 Å². The van der Waals surface area contributed by atoms with Crippen LogP contribution in [0.3, 0.4) is 0 Å². The maximum absolute atomic E-state index is 14.6. The Balaban J connectivity index is 2.52. The number of hydrogen-bond acceptors (Lipinski definition) is 2. The first-order valence-corrected chi connectivity index (χ1v) is 7.86. The average Bonchev–Trinajstić information content (AvgIpc) is 2.37. The van der Waals surface area contributed by atoms with Crippen molar-refractivity contribution in [3.05, 3.63) is 29.6 Å². The largest absolute Gasteiger partial charge is 0.416 e. The summed E-state index contributed by atoms with van der Waals surface area (Å²) >= 11 is 0. The molecule has 0 amide bonds. The van der Waals surface area contributed by atoms with Gasteiger partial charge in [0.05, 0.1) is 10.5 Å². The van der Waals surface area contributed by atoms with Crippen molar-refractivity contribution < 1.29 is 30.4 Å². The van der Waals surface area contributed by atoms with E-state index in [4.69, 9.17) is 0 Å². The molecule has 21 heavy (non-hydrogen) atoms. The van der Waals surface area contributed by atoms with Crippen LogP contribution in [-0.2, 0) is 16.0 Å². The van der Waals surface area contributed by atoms with Crippen LogP contribution in [0, 0.1) is 5.82 Å². The molecule has 2 rings (SSSR count). The number of benzene rings is 1. The molecule has 0 saturated heterocycles. The zero-order valence-electron chi connectivity index (χ0n) is 10.9. The summed E-state index contributed by atoms with van der Waals surface area (Å²) in [5, 5.41) is -2.62. The predicted molar refractivity (Wildman–Crippen MR) is 65.5 cm³/mol. The van der Waals surface area contributed by atoms with E-state index in [1.165, 1.54) is 0 Å². The van der Waals surface area contributed by atoms with Crippen molar-refractivity contribution in [2.45, 2.75) is 48.2 Å². The zero-order valence-corrected chi connectivity index (χ0v) is 11.7. The predicted octanol–water partition coefficient (Wildman–Crippen LogP) is 4.25. The average molecular weight is 328 g/mol. The van der Waals surface area contributed by atoms with Gasteiger partial charge in [0, 0.05) is 0 Å². The smallest absolute Gasteiger partial charge is 0.226 e. The summed E-state index contributed by atoms with van der Waals surface area (Å²) in [6.45, 7) is 0. The minimum atomic E-state index is -4.90. The van der Waals surface area contributed by atoms with Gasteiger partial charge in [0.2, 0.25) is 14.8 Å². The van der Waals surface area contributed by atoms with Crippen molar-refractivity contribution in [2.75, 3.05) is 0 Å². The summed E-state index contributed by atoms with van der Waals surface area (Å²) in [5.41, 5.74) is -1.44. The maximum atomic E-state index is 14.6. The molecule has 0 atom stereocenters. The third kappa shape index (κ3) is 3.04. The zero-order chi connectivity index (χ0) is 15.9. The van der Waals surface area contributed by atoms with Crippen molar-refractivity contribution in [1.29, 1.82) is 0 Å². The molecule has 0 N–H and O–H groups in total. The molecule has 1 saturated carbocycles. The van der Waals surface area contributed by atoms with E-state index in [-0.39, 0.29) is 25.0 Å². The molecule has 1 aliphatic carbocycles. The minimum Gasteiger partial charge on any atom is -0.226 e. The lowest BCUT2D eigenvalue weighted by Crippen LogP contribution is -2.36. The van der Waals surface area contributed by atoms with Crippen LogP contribution >= 0.6 is 0 Å². The van der Waals surface area contributed by atoms with Crippen LogP contribution in [0.25, 0.3) is 0 Å². The number of alkyl halides is 4. The molecule has 8 heteroatoms. The molecule has 1 aromatic rings. The molecular weight excluding hydrogens is 315 g/mol. The van der Waals surface area contributed by atoms with Gasteiger partial charge in [-0.2, -0.15) is 13.2 Å². The normalized spacial score (nSPS) is 19.5. The van der Waals surface area contributed by atoms with E-state index in [1.807, 2.05) is 0 Å². The Morgan fingerprint density at radius 3 is 2.10 bits per heavy atom. The molecule has 0 spiro atoms. The van der Waals surface area contributed by atoms with E-state index in [2.05, 4.69) is 0 Å². The van der Waals surface area contributed by atoms with Gasteiger partial charge >= 0.3 is 6.18 Å². The van der Waals surface area contributed by atoms with Gasteiger partial charge in [-0.1, -0.05) is 6.42 Å². The Labute approximate surface area is 118 Å². The Morgan fingerprint density at radius 1 is 1.00 bits per heavy atom. The highest BCUT2D eigenvalue weighted by molar-refractivity contribution is 7.92. The summed E-state index contributed by atoms with van der Waals surface area (Å²) in [4.78, 5) is -0.959. The summed E-state index contributed by atoms with van der Waals surface area (Å²) in [6, 6.07) is 0.902. The highest BCUT2D eigenvalue weighted by Gasteiger charge is 2.46. The Morgan fingerprint density at radius 2 is 1.57 bits per heavy atom. The van der Waals surface area contributed by atoms with Gasteiger partial charge in [0.25, 0.3) is 0 Å². The van der Waals surface area contributed by atoms with Gasteiger partial charge in [0.15, 0.2) is 0 Å². The topological polar surface area (TPSA) is 34.1 Å². The van der Waals surface area contributed by atoms with E-state index >= 15 is 0 Å². The number of halogens is 5. The van der Waals surface area contributed by atoms with Gasteiger partial charge in [0.1, 0.15) is 5.82 Å². The van der Waals surface area contributed by atoms with Gasteiger partial charge in [-0.05, 0) is 43.9 Å². The molecule has 0 heterocycles. The van der Waals surface area contributed by atoms with E-state index in [9.17, 15) is 30.4 Å². The van der Waals surface area contributed by atoms with Crippen LogP contribution < -0.4 is 0 Å². The first kappa shape index (κ1) is 16.2. The lowest BCUT2D eigenvalue weighted by atomic mass is 9.98. The Hall–Kier alpha value is -1.18. The van der Waals surface area contributed by atoms with Crippen molar-refractivity contribution in [1.82, 2.24) is 0 Å². The molecule has 1 fully saturated rings. The first-order valence-electron chi connectivity index (χ1n) is 6.38. The molecule has 0 radical (unpaired) electrons. The second kappa shape index (κ2) is 5.23. The third-order valence-electron chi connectivity index (χ3n) is 3.59. The van der Waals surface area contributed by atoms with Crippen molar-refractivity contribution in [2.24, 2.45) is 0 Å². The molecule has 0 unspecified atom stereocenters. The number of rotatable bonds is 2. The van der Waals surface area contributed by atoms with E-state index < -0.39 is 37.3 Å². The van der Waals surface area contributed by atoms with Gasteiger partial charge in [-0.3, -0.25) is 0 Å². The second-order valence-electron chi connectivity index (χ2n) is 5.12. The highest BCUT2D eigenvalue weighted by atomic mass is 32.2. The molecular formula is C13H13F5O2S. The van der Waals surface area contributed by atoms with E-state index in [1.54, 1.807) is 0 Å². The fourth-order valence-corrected chi connectivity index (χ4v) is 4.24. The summed E-state index contributed by atoms with van der Waals surface area (Å²) in [6.07, 6.45) is -4.14. The molecule has 0 bridgehead atoms. The van der Waals surface area contributed by atoms with Crippen molar-refractivity contribution >= 4 is 9.84 Å². The van der Waals surface area contributed by atoms with Crippen LogP contribution in [0.2, 0.25) is 0 Å². The second-order valence-corrected chi connectivity index (χ2v) is 7.33. The Kier molecular flexibility index (Phi) is 4.03. The maximum Gasteiger partial charge on any atom is 0.416 e. The summed E-state index contributed by atoms with van der Waals surface area (Å²) in [5.74, 6) is -1.36. The van der Waals surface area contributed by atoms with E-state index in [0.29, 0.717) is 25.3 Å². The molecule has 1 aliphatic rings. The SMILES string of the molecule is O=S(=O)(c1cc(F)cc(C(F)(F)F)c1)C1(F)CCCCC1. The van der Waals surface area contributed by atoms with E-state index in [0.717, 1.165) is 0 Å². The van der Waals surface area contributed by atoms with Crippen LogP contribution in [0.15, 0.2) is 23.1 Å².